The van der Waals surface area contributed by atoms with Crippen molar-refractivity contribution in [2.24, 2.45) is 0 Å². The number of benzene rings is 1. The van der Waals surface area contributed by atoms with Gasteiger partial charge in [-0.2, -0.15) is 5.26 Å². The summed E-state index contributed by atoms with van der Waals surface area (Å²) in [5, 5.41) is 13.6. The van der Waals surface area contributed by atoms with Crippen molar-refractivity contribution in [3.05, 3.63) is 93.5 Å². The normalized spacial score (nSPS) is 16.6. The Morgan fingerprint density at radius 3 is 2.65 bits per heavy atom. The van der Waals surface area contributed by atoms with Gasteiger partial charge in [0.2, 0.25) is 0 Å². The zero-order valence-corrected chi connectivity index (χ0v) is 21.7. The van der Waals surface area contributed by atoms with Crippen LogP contribution in [0.15, 0.2) is 60.8 Å². The number of likely N-dealkylation sites (tertiary alicyclic amines) is 1. The van der Waals surface area contributed by atoms with Crippen LogP contribution in [0.1, 0.15) is 35.4 Å². The second-order valence-electron chi connectivity index (χ2n) is 9.44. The van der Waals surface area contributed by atoms with Gasteiger partial charge in [0.1, 0.15) is 16.9 Å². The van der Waals surface area contributed by atoms with Gasteiger partial charge < -0.3 is 5.32 Å². The number of amides is 2. The molecular formula is C28H26Cl2N6O. The van der Waals surface area contributed by atoms with Crippen LogP contribution in [0, 0.1) is 11.3 Å². The van der Waals surface area contributed by atoms with Gasteiger partial charge in [0.05, 0.1) is 11.4 Å². The van der Waals surface area contributed by atoms with Crippen LogP contribution in [-0.4, -0.2) is 47.1 Å². The molecular weight excluding hydrogens is 507 g/mol. The molecule has 0 atom stereocenters. The molecule has 2 aliphatic heterocycles. The quantitative estimate of drug-likeness (QED) is 0.442. The molecule has 188 valence electrons. The van der Waals surface area contributed by atoms with Crippen molar-refractivity contribution in [1.82, 2.24) is 20.2 Å². The van der Waals surface area contributed by atoms with Gasteiger partial charge in [-0.25, -0.2) is 14.8 Å². The molecule has 1 aromatic carbocycles. The van der Waals surface area contributed by atoms with E-state index in [1.807, 2.05) is 36.4 Å². The number of urea groups is 1. The number of aromatic nitrogens is 2. The maximum absolute atomic E-state index is 13.3. The lowest BCUT2D eigenvalue weighted by Crippen LogP contribution is -2.47. The zero-order chi connectivity index (χ0) is 25.8. The molecule has 37 heavy (non-hydrogen) atoms. The number of halogens is 2. The van der Waals surface area contributed by atoms with Crippen molar-refractivity contribution < 1.29 is 4.79 Å². The predicted molar refractivity (Wildman–Crippen MR) is 146 cm³/mol. The van der Waals surface area contributed by atoms with Crippen LogP contribution in [0.5, 0.6) is 0 Å². The van der Waals surface area contributed by atoms with Gasteiger partial charge in [-0.1, -0.05) is 47.5 Å². The van der Waals surface area contributed by atoms with E-state index in [0.29, 0.717) is 23.9 Å². The summed E-state index contributed by atoms with van der Waals surface area (Å²) in [5.74, 6) is 0. The molecule has 1 saturated heterocycles. The van der Waals surface area contributed by atoms with E-state index in [1.165, 1.54) is 0 Å². The molecule has 0 saturated carbocycles. The van der Waals surface area contributed by atoms with Gasteiger partial charge in [-0.05, 0) is 73.5 Å². The first-order chi connectivity index (χ1) is 18.0. The summed E-state index contributed by atoms with van der Waals surface area (Å²) in [6, 6.07) is 16.8. The number of rotatable bonds is 5. The van der Waals surface area contributed by atoms with E-state index in [1.54, 1.807) is 23.2 Å². The fraction of sp³-hybridized carbons (Fsp3) is 0.286. The van der Waals surface area contributed by atoms with Gasteiger partial charge in [-0.3, -0.25) is 9.80 Å². The Morgan fingerprint density at radius 2 is 1.92 bits per heavy atom. The van der Waals surface area contributed by atoms with Crippen LogP contribution in [0.3, 0.4) is 0 Å². The molecule has 1 N–H and O–H groups in total. The number of hydrogen-bond donors (Lipinski definition) is 1. The van der Waals surface area contributed by atoms with Crippen molar-refractivity contribution >= 4 is 41.0 Å². The van der Waals surface area contributed by atoms with Crippen molar-refractivity contribution in [2.75, 3.05) is 31.1 Å². The maximum Gasteiger partial charge on any atom is 0.322 e. The number of nitriles is 1. The van der Waals surface area contributed by atoms with E-state index in [-0.39, 0.29) is 11.4 Å². The molecule has 1 spiro atoms. The second kappa shape index (κ2) is 10.9. The molecule has 2 aliphatic rings. The number of fused-ring (bicyclic) bond motifs is 2. The first-order valence-corrected chi connectivity index (χ1v) is 12.9. The first kappa shape index (κ1) is 25.2. The summed E-state index contributed by atoms with van der Waals surface area (Å²) < 4.78 is 0. The molecule has 3 aromatic rings. The largest absolute Gasteiger partial charge is 0.334 e. The number of pyridine rings is 2. The van der Waals surface area contributed by atoms with E-state index >= 15 is 0 Å². The highest BCUT2D eigenvalue weighted by Gasteiger charge is 2.47. The van der Waals surface area contributed by atoms with Gasteiger partial charge in [0, 0.05) is 36.3 Å². The van der Waals surface area contributed by atoms with Crippen LogP contribution < -0.4 is 10.2 Å². The van der Waals surface area contributed by atoms with Crippen molar-refractivity contribution in [3.8, 4) is 6.07 Å². The van der Waals surface area contributed by atoms with Gasteiger partial charge >= 0.3 is 6.03 Å². The predicted octanol–water partition coefficient (Wildman–Crippen LogP) is 5.43. The fourth-order valence-corrected chi connectivity index (χ4v) is 5.38. The molecule has 9 heteroatoms. The lowest BCUT2D eigenvalue weighted by Gasteiger charge is -2.38. The molecule has 5 rings (SSSR count). The van der Waals surface area contributed by atoms with E-state index in [0.717, 1.165) is 60.0 Å². The minimum atomic E-state index is -0.268. The number of nitrogens with zero attached hydrogens (tertiary/aromatic N) is 5. The number of hydrogen-bond acceptors (Lipinski definition) is 5. The number of carbonyl (C=O) groups excluding carboxylic acids is 1. The average Bonchev–Trinajstić information content (AvgIpc) is 3.23. The third-order valence-electron chi connectivity index (χ3n) is 7.08. The van der Waals surface area contributed by atoms with E-state index in [2.05, 4.69) is 33.4 Å². The highest BCUT2D eigenvalue weighted by Crippen LogP contribution is 2.46. The Kier molecular flexibility index (Phi) is 7.43. The van der Waals surface area contributed by atoms with Crippen molar-refractivity contribution in [3.63, 3.8) is 0 Å². The maximum atomic E-state index is 13.3. The van der Waals surface area contributed by atoms with Gasteiger partial charge in [-0.15, -0.1) is 0 Å². The molecule has 0 bridgehead atoms. The topological polar surface area (TPSA) is 85.2 Å². The second-order valence-corrected chi connectivity index (χ2v) is 10.3. The Morgan fingerprint density at radius 1 is 1.14 bits per heavy atom. The van der Waals surface area contributed by atoms with Crippen LogP contribution in [-0.2, 0) is 12.0 Å². The SMILES string of the molecule is N#Cc1ccc2c(n1)C1(CCN(C/C=C/c3ccc(Cl)cc3)CC1)CN2C(=O)NCc1ccnc(Cl)c1. The van der Waals surface area contributed by atoms with Crippen molar-refractivity contribution in [1.29, 1.82) is 5.26 Å². The van der Waals surface area contributed by atoms with E-state index < -0.39 is 0 Å². The highest BCUT2D eigenvalue weighted by atomic mass is 35.5. The summed E-state index contributed by atoms with van der Waals surface area (Å²) in [7, 11) is 0. The molecule has 1 fully saturated rings. The first-order valence-electron chi connectivity index (χ1n) is 12.2. The average molecular weight is 533 g/mol. The Labute approximate surface area is 226 Å². The Balaban J connectivity index is 1.27. The summed E-state index contributed by atoms with van der Waals surface area (Å²) in [5.41, 5.74) is 3.73. The number of nitrogens with one attached hydrogen (secondary N) is 1. The van der Waals surface area contributed by atoms with E-state index in [9.17, 15) is 10.1 Å². The van der Waals surface area contributed by atoms with E-state index in [4.69, 9.17) is 28.2 Å². The van der Waals surface area contributed by atoms with Crippen LogP contribution >= 0.6 is 23.2 Å². The molecule has 2 amide bonds. The van der Waals surface area contributed by atoms with Crippen LogP contribution in [0.4, 0.5) is 10.5 Å². The van der Waals surface area contributed by atoms with Crippen molar-refractivity contribution in [2.45, 2.75) is 24.8 Å². The minimum absolute atomic E-state index is 0.189. The lowest BCUT2D eigenvalue weighted by atomic mass is 9.76. The summed E-state index contributed by atoms with van der Waals surface area (Å²) >= 11 is 12.0. The van der Waals surface area contributed by atoms with Gasteiger partial charge in [0.15, 0.2) is 0 Å². The summed E-state index contributed by atoms with van der Waals surface area (Å²) in [6.45, 7) is 3.50. The lowest BCUT2D eigenvalue weighted by molar-refractivity contribution is 0.177. The third kappa shape index (κ3) is 5.62. The van der Waals surface area contributed by atoms with Crippen LogP contribution in [0.2, 0.25) is 10.2 Å². The number of piperidine rings is 1. The number of carbonyl (C=O) groups is 1. The number of anilines is 1. The smallest absolute Gasteiger partial charge is 0.322 e. The Hall–Kier alpha value is -3.44. The summed E-state index contributed by atoms with van der Waals surface area (Å²) in [4.78, 5) is 26.1. The standard InChI is InChI=1S/C28H26Cl2N6O/c29-22-5-3-20(4-6-22)2-1-13-35-14-10-28(11-15-35)19-36(24-8-7-23(17-31)34-26(24)28)27(37)33-18-21-9-12-32-25(30)16-21/h1-9,12,16H,10-11,13-15,18-19H2,(H,33,37)/b2-1+. The summed E-state index contributed by atoms with van der Waals surface area (Å²) in [6.07, 6.45) is 7.62. The molecule has 0 radical (unpaired) electrons. The van der Waals surface area contributed by atoms with Gasteiger partial charge in [0.25, 0.3) is 0 Å². The fourth-order valence-electron chi connectivity index (χ4n) is 5.06. The molecule has 2 aromatic heterocycles. The minimum Gasteiger partial charge on any atom is -0.334 e. The highest BCUT2D eigenvalue weighted by molar-refractivity contribution is 6.30. The molecule has 0 unspecified atom stereocenters. The molecule has 4 heterocycles. The third-order valence-corrected chi connectivity index (χ3v) is 7.54. The van der Waals surface area contributed by atoms with Crippen LogP contribution in [0.25, 0.3) is 6.08 Å². The molecule has 7 nitrogen and oxygen atoms in total. The molecule has 0 aliphatic carbocycles. The zero-order valence-electron chi connectivity index (χ0n) is 20.2. The Bertz CT molecular complexity index is 1360. The monoisotopic (exact) mass is 532 g/mol.